The van der Waals surface area contributed by atoms with Gasteiger partial charge in [0.25, 0.3) is 0 Å². The standard InChI is InChI=1S/C29H32N4O5/c34-20(18-38-26-11-5-10-25-27(26)21-6-1-3-8-23(21)31-25)17-30-16-19-12-14-33(15-13-19)29(37)32-24-9-4-2-7-22(24)28(35)36/h1-11,19-20,30-31,34H,12-18H2,(H,32,37)(H,35,36)/t20-/m0/s1. The fourth-order valence-electron chi connectivity index (χ4n) is 5.00. The van der Waals surface area contributed by atoms with Gasteiger partial charge in [-0.2, -0.15) is 0 Å². The monoisotopic (exact) mass is 516 g/mol. The van der Waals surface area contributed by atoms with Gasteiger partial charge in [-0.3, -0.25) is 0 Å². The number of urea groups is 1. The summed E-state index contributed by atoms with van der Waals surface area (Å²) < 4.78 is 6.00. The van der Waals surface area contributed by atoms with Crippen molar-refractivity contribution in [2.75, 3.05) is 38.1 Å². The molecule has 1 aliphatic rings. The predicted molar refractivity (Wildman–Crippen MR) is 147 cm³/mol. The normalized spacial score (nSPS) is 15.0. The van der Waals surface area contributed by atoms with Crippen molar-refractivity contribution in [2.24, 2.45) is 5.92 Å². The summed E-state index contributed by atoms with van der Waals surface area (Å²) >= 11 is 0. The summed E-state index contributed by atoms with van der Waals surface area (Å²) in [6.45, 7) is 2.52. The zero-order valence-electron chi connectivity index (χ0n) is 21.0. The molecule has 9 nitrogen and oxygen atoms in total. The maximum atomic E-state index is 12.6. The summed E-state index contributed by atoms with van der Waals surface area (Å²) in [7, 11) is 0. The van der Waals surface area contributed by atoms with E-state index in [0.29, 0.717) is 31.2 Å². The molecule has 2 heterocycles. The van der Waals surface area contributed by atoms with Crippen LogP contribution in [0, 0.1) is 5.92 Å². The molecule has 0 unspecified atom stereocenters. The van der Waals surface area contributed by atoms with Crippen LogP contribution in [0.5, 0.6) is 5.75 Å². The van der Waals surface area contributed by atoms with Crippen molar-refractivity contribution in [2.45, 2.75) is 18.9 Å². The van der Waals surface area contributed by atoms with Crippen LogP contribution in [0.3, 0.4) is 0 Å². The molecule has 1 fully saturated rings. The van der Waals surface area contributed by atoms with E-state index in [0.717, 1.165) is 46.9 Å². The van der Waals surface area contributed by atoms with Crippen molar-refractivity contribution in [1.29, 1.82) is 0 Å². The van der Waals surface area contributed by atoms with Crippen LogP contribution in [-0.2, 0) is 0 Å². The molecule has 5 N–H and O–H groups in total. The van der Waals surface area contributed by atoms with Gasteiger partial charge in [0.1, 0.15) is 18.5 Å². The summed E-state index contributed by atoms with van der Waals surface area (Å²) in [6, 6.07) is 20.1. The number of anilines is 1. The number of aromatic carboxylic acids is 1. The number of ether oxygens (including phenoxy) is 1. The van der Waals surface area contributed by atoms with E-state index < -0.39 is 12.1 Å². The lowest BCUT2D eigenvalue weighted by atomic mass is 9.97. The lowest BCUT2D eigenvalue weighted by Gasteiger charge is -2.32. The van der Waals surface area contributed by atoms with E-state index in [1.807, 2.05) is 36.4 Å². The second-order valence-electron chi connectivity index (χ2n) is 9.68. The Morgan fingerprint density at radius 2 is 1.74 bits per heavy atom. The van der Waals surface area contributed by atoms with E-state index >= 15 is 0 Å². The van der Waals surface area contributed by atoms with E-state index in [1.54, 1.807) is 23.1 Å². The Labute approximate surface area is 220 Å². The number of aromatic nitrogens is 1. The molecule has 1 saturated heterocycles. The Morgan fingerprint density at radius 1 is 1.00 bits per heavy atom. The Kier molecular flexibility index (Phi) is 7.76. The molecular formula is C29H32N4O5. The predicted octanol–water partition coefficient (Wildman–Crippen LogP) is 4.29. The summed E-state index contributed by atoms with van der Waals surface area (Å²) in [5.74, 6) is 0.0577. The van der Waals surface area contributed by atoms with Crippen molar-refractivity contribution in [3.8, 4) is 5.75 Å². The van der Waals surface area contributed by atoms with Crippen molar-refractivity contribution in [3.63, 3.8) is 0 Å². The van der Waals surface area contributed by atoms with E-state index in [9.17, 15) is 19.8 Å². The number of fused-ring (bicyclic) bond motifs is 3. The third-order valence-corrected chi connectivity index (χ3v) is 7.04. The average Bonchev–Trinajstić information content (AvgIpc) is 3.32. The fraction of sp³-hybridized carbons (Fsp3) is 0.310. The van der Waals surface area contributed by atoms with Gasteiger partial charge in [-0.05, 0) is 55.6 Å². The van der Waals surface area contributed by atoms with Crippen LogP contribution in [-0.4, -0.2) is 71.0 Å². The van der Waals surface area contributed by atoms with Gasteiger partial charge < -0.3 is 35.5 Å². The van der Waals surface area contributed by atoms with Crippen LogP contribution in [0.4, 0.5) is 10.5 Å². The Morgan fingerprint density at radius 3 is 2.55 bits per heavy atom. The molecule has 38 heavy (non-hydrogen) atoms. The summed E-state index contributed by atoms with van der Waals surface area (Å²) in [6.07, 6.45) is 1.00. The highest BCUT2D eigenvalue weighted by Crippen LogP contribution is 2.33. The number of nitrogens with one attached hydrogen (secondary N) is 3. The van der Waals surface area contributed by atoms with Crippen LogP contribution >= 0.6 is 0 Å². The number of H-pyrrole nitrogens is 1. The lowest BCUT2D eigenvalue weighted by Crippen LogP contribution is -2.43. The van der Waals surface area contributed by atoms with Crippen molar-refractivity contribution >= 4 is 39.5 Å². The molecule has 198 valence electrons. The molecule has 0 aliphatic carbocycles. The third kappa shape index (κ3) is 5.74. The number of aliphatic hydroxyl groups is 1. The van der Waals surface area contributed by atoms with Crippen molar-refractivity contribution < 1.29 is 24.5 Å². The first kappa shape index (κ1) is 25.6. The van der Waals surface area contributed by atoms with E-state index in [1.165, 1.54) is 6.07 Å². The van der Waals surface area contributed by atoms with Gasteiger partial charge in [-0.1, -0.05) is 36.4 Å². The lowest BCUT2D eigenvalue weighted by molar-refractivity contribution is 0.0698. The van der Waals surface area contributed by atoms with Crippen LogP contribution < -0.4 is 15.4 Å². The molecular weight excluding hydrogens is 484 g/mol. The smallest absolute Gasteiger partial charge is 0.337 e. The minimum atomic E-state index is -1.08. The van der Waals surface area contributed by atoms with Gasteiger partial charge in [-0.15, -0.1) is 0 Å². The molecule has 3 aromatic carbocycles. The SMILES string of the molecule is O=C(O)c1ccccc1NC(=O)N1CCC(CNC[C@H](O)COc2cccc3[nH]c4ccccc4c23)CC1. The maximum absolute atomic E-state index is 12.6. The molecule has 0 saturated carbocycles. The number of benzene rings is 3. The first-order chi connectivity index (χ1) is 18.5. The Bertz CT molecular complexity index is 1430. The maximum Gasteiger partial charge on any atom is 0.337 e. The highest BCUT2D eigenvalue weighted by atomic mass is 16.5. The minimum Gasteiger partial charge on any atom is -0.490 e. The topological polar surface area (TPSA) is 127 Å². The zero-order chi connectivity index (χ0) is 26.5. The van der Waals surface area contributed by atoms with Gasteiger partial charge in [0, 0.05) is 35.9 Å². The number of carboxylic acids is 1. The summed E-state index contributed by atoms with van der Waals surface area (Å²) in [4.78, 5) is 29.1. The highest BCUT2D eigenvalue weighted by Gasteiger charge is 2.24. The quantitative estimate of drug-likeness (QED) is 0.226. The number of carboxylic acid groups (broad SMARTS) is 1. The first-order valence-corrected chi connectivity index (χ1v) is 12.9. The van der Waals surface area contributed by atoms with E-state index in [-0.39, 0.29) is 18.2 Å². The van der Waals surface area contributed by atoms with E-state index in [2.05, 4.69) is 21.7 Å². The van der Waals surface area contributed by atoms with Crippen LogP contribution in [0.25, 0.3) is 21.8 Å². The van der Waals surface area contributed by atoms with Gasteiger partial charge in [-0.25, -0.2) is 9.59 Å². The van der Waals surface area contributed by atoms with Crippen LogP contribution in [0.1, 0.15) is 23.2 Å². The third-order valence-electron chi connectivity index (χ3n) is 7.04. The number of para-hydroxylation sites is 2. The number of nitrogens with zero attached hydrogens (tertiary/aromatic N) is 1. The molecule has 0 bridgehead atoms. The molecule has 1 aromatic heterocycles. The molecule has 0 spiro atoms. The van der Waals surface area contributed by atoms with Gasteiger partial charge in [0.05, 0.1) is 16.8 Å². The molecule has 2 amide bonds. The zero-order valence-corrected chi connectivity index (χ0v) is 21.0. The summed E-state index contributed by atoms with van der Waals surface area (Å²) in [5.41, 5.74) is 2.42. The highest BCUT2D eigenvalue weighted by molar-refractivity contribution is 6.10. The number of aromatic amines is 1. The number of carbonyl (C=O) groups is 2. The number of carbonyl (C=O) groups excluding carboxylic acids is 1. The number of hydrogen-bond acceptors (Lipinski definition) is 5. The molecule has 1 aliphatic heterocycles. The van der Waals surface area contributed by atoms with Crippen molar-refractivity contribution in [1.82, 2.24) is 15.2 Å². The number of aliphatic hydroxyl groups excluding tert-OH is 1. The van der Waals surface area contributed by atoms with Crippen LogP contribution in [0.15, 0.2) is 66.7 Å². The average molecular weight is 517 g/mol. The van der Waals surface area contributed by atoms with Crippen molar-refractivity contribution in [3.05, 3.63) is 72.3 Å². The number of likely N-dealkylation sites (tertiary alicyclic amines) is 1. The number of rotatable bonds is 9. The largest absolute Gasteiger partial charge is 0.490 e. The van der Waals surface area contributed by atoms with Gasteiger partial charge in [0.2, 0.25) is 0 Å². The molecule has 0 radical (unpaired) electrons. The second-order valence-corrected chi connectivity index (χ2v) is 9.68. The van der Waals surface area contributed by atoms with Gasteiger partial charge >= 0.3 is 12.0 Å². The minimum absolute atomic E-state index is 0.0700. The van der Waals surface area contributed by atoms with Gasteiger partial charge in [0.15, 0.2) is 0 Å². The van der Waals surface area contributed by atoms with Crippen LogP contribution in [0.2, 0.25) is 0 Å². The fourth-order valence-corrected chi connectivity index (χ4v) is 5.00. The number of amides is 2. The first-order valence-electron chi connectivity index (χ1n) is 12.9. The summed E-state index contributed by atoms with van der Waals surface area (Å²) in [5, 5.41) is 28.0. The Hall–Kier alpha value is -4.08. The molecule has 5 rings (SSSR count). The molecule has 4 aromatic rings. The molecule has 9 heteroatoms. The molecule has 1 atom stereocenters. The number of hydrogen-bond donors (Lipinski definition) is 5. The van der Waals surface area contributed by atoms with E-state index in [4.69, 9.17) is 4.74 Å². The second kappa shape index (κ2) is 11.5. The number of piperidine rings is 1. The Balaban J connectivity index is 1.05.